The first-order chi connectivity index (χ1) is 9.52. The Balaban J connectivity index is 2.27. The lowest BCUT2D eigenvalue weighted by atomic mass is 10.2. The zero-order valence-corrected chi connectivity index (χ0v) is 11.5. The van der Waals surface area contributed by atoms with Crippen molar-refractivity contribution in [2.45, 2.75) is 13.5 Å². The smallest absolute Gasteiger partial charge is 0.335 e. The molecule has 8 heteroatoms. The number of carbonyl (C=O) groups is 1. The van der Waals surface area contributed by atoms with Crippen molar-refractivity contribution in [2.24, 2.45) is 0 Å². The molecule has 0 aliphatic heterocycles. The number of hydrogen-bond donors (Lipinski definition) is 1. The van der Waals surface area contributed by atoms with Crippen LogP contribution in [0.25, 0.3) is 0 Å². The lowest BCUT2D eigenvalue weighted by Gasteiger charge is -2.12. The summed E-state index contributed by atoms with van der Waals surface area (Å²) in [6.07, 6.45) is 0. The van der Waals surface area contributed by atoms with Gasteiger partial charge in [-0.1, -0.05) is 21.9 Å². The van der Waals surface area contributed by atoms with Crippen LogP contribution in [0.15, 0.2) is 16.8 Å². The topological polar surface area (TPSA) is 94.7 Å². The summed E-state index contributed by atoms with van der Waals surface area (Å²) in [6, 6.07) is 2.62. The molecule has 0 saturated carbocycles. The Kier molecular flexibility index (Phi) is 4.09. The highest BCUT2D eigenvalue weighted by atomic mass is 35.5. The molecular formula is C12H11ClN2O5. The van der Waals surface area contributed by atoms with Crippen LogP contribution in [0.5, 0.6) is 11.5 Å². The lowest BCUT2D eigenvalue weighted by Crippen LogP contribution is -2.03. The van der Waals surface area contributed by atoms with E-state index in [1.165, 1.54) is 19.2 Å². The number of benzene rings is 1. The molecule has 0 atom stereocenters. The molecule has 7 nitrogen and oxygen atoms in total. The van der Waals surface area contributed by atoms with Gasteiger partial charge in [0.1, 0.15) is 18.0 Å². The highest BCUT2D eigenvalue weighted by Gasteiger charge is 2.16. The van der Waals surface area contributed by atoms with Crippen LogP contribution in [-0.2, 0) is 6.61 Å². The highest BCUT2D eigenvalue weighted by Crippen LogP contribution is 2.36. The summed E-state index contributed by atoms with van der Waals surface area (Å²) in [5, 5.41) is 16.4. The Morgan fingerprint density at radius 3 is 2.75 bits per heavy atom. The van der Waals surface area contributed by atoms with E-state index in [1.807, 2.05) is 0 Å². The number of hydrogen-bond acceptors (Lipinski definition) is 6. The van der Waals surface area contributed by atoms with Crippen molar-refractivity contribution in [1.29, 1.82) is 0 Å². The van der Waals surface area contributed by atoms with Crippen molar-refractivity contribution < 1.29 is 24.0 Å². The summed E-state index contributed by atoms with van der Waals surface area (Å²) in [4.78, 5) is 10.9. The second-order valence-electron chi connectivity index (χ2n) is 3.88. The third kappa shape index (κ3) is 2.83. The van der Waals surface area contributed by atoms with Crippen molar-refractivity contribution in [1.82, 2.24) is 10.3 Å². The van der Waals surface area contributed by atoms with Crippen LogP contribution in [0.2, 0.25) is 5.02 Å². The molecule has 1 aromatic carbocycles. The Morgan fingerprint density at radius 1 is 1.45 bits per heavy atom. The van der Waals surface area contributed by atoms with Crippen LogP contribution in [-0.4, -0.2) is 28.5 Å². The summed E-state index contributed by atoms with van der Waals surface area (Å²) in [6.45, 7) is 1.80. The molecule has 106 valence electrons. The first-order valence-corrected chi connectivity index (χ1v) is 5.92. The van der Waals surface area contributed by atoms with Crippen molar-refractivity contribution in [3.8, 4) is 11.5 Å². The van der Waals surface area contributed by atoms with E-state index in [0.29, 0.717) is 11.4 Å². The molecule has 20 heavy (non-hydrogen) atoms. The summed E-state index contributed by atoms with van der Waals surface area (Å²) in [7, 11) is 1.40. The molecule has 0 bridgehead atoms. The van der Waals surface area contributed by atoms with Gasteiger partial charge in [-0.3, -0.25) is 0 Å². The van der Waals surface area contributed by atoms with E-state index in [9.17, 15) is 4.79 Å². The number of rotatable bonds is 5. The number of ether oxygens (including phenoxy) is 2. The fourth-order valence-electron chi connectivity index (χ4n) is 1.50. The van der Waals surface area contributed by atoms with Crippen LogP contribution >= 0.6 is 11.6 Å². The Morgan fingerprint density at radius 2 is 2.20 bits per heavy atom. The molecule has 0 radical (unpaired) electrons. The van der Waals surface area contributed by atoms with Gasteiger partial charge in [0.25, 0.3) is 0 Å². The van der Waals surface area contributed by atoms with E-state index in [-0.39, 0.29) is 28.7 Å². The van der Waals surface area contributed by atoms with Crippen LogP contribution in [0, 0.1) is 6.92 Å². The minimum atomic E-state index is -1.10. The molecule has 0 aliphatic rings. The average molecular weight is 299 g/mol. The maximum absolute atomic E-state index is 10.9. The molecule has 1 heterocycles. The maximum Gasteiger partial charge on any atom is 0.335 e. The predicted octanol–water partition coefficient (Wildman–Crippen LogP) is 2.32. The molecule has 0 spiro atoms. The number of aryl methyl sites for hydroxylation is 1. The van der Waals surface area contributed by atoms with Crippen molar-refractivity contribution in [3.63, 3.8) is 0 Å². The zero-order valence-electron chi connectivity index (χ0n) is 10.7. The van der Waals surface area contributed by atoms with Gasteiger partial charge in [0.05, 0.1) is 17.7 Å². The van der Waals surface area contributed by atoms with Gasteiger partial charge in [-0.15, -0.1) is 0 Å². The molecule has 2 rings (SSSR count). The number of carboxylic acids is 1. The van der Waals surface area contributed by atoms with E-state index in [0.717, 1.165) is 0 Å². The van der Waals surface area contributed by atoms with E-state index in [4.69, 9.17) is 26.2 Å². The van der Waals surface area contributed by atoms with Crippen LogP contribution < -0.4 is 9.47 Å². The van der Waals surface area contributed by atoms with E-state index < -0.39 is 5.97 Å². The first kappa shape index (κ1) is 14.1. The van der Waals surface area contributed by atoms with E-state index in [2.05, 4.69) is 14.9 Å². The third-order valence-corrected chi connectivity index (χ3v) is 2.86. The van der Waals surface area contributed by atoms with E-state index in [1.54, 1.807) is 6.92 Å². The lowest BCUT2D eigenvalue weighted by molar-refractivity contribution is 0.0696. The van der Waals surface area contributed by atoms with Crippen molar-refractivity contribution in [3.05, 3.63) is 34.1 Å². The molecule has 0 aliphatic carbocycles. The highest BCUT2D eigenvalue weighted by molar-refractivity contribution is 6.32. The number of aromatic carboxylic acids is 1. The van der Waals surface area contributed by atoms with Gasteiger partial charge in [-0.05, 0) is 19.1 Å². The summed E-state index contributed by atoms with van der Waals surface area (Å²) in [5.41, 5.74) is 1.13. The molecule has 0 unspecified atom stereocenters. The fourth-order valence-corrected chi connectivity index (χ4v) is 1.77. The van der Waals surface area contributed by atoms with Gasteiger partial charge in [0.2, 0.25) is 0 Å². The third-order valence-electron chi connectivity index (χ3n) is 2.58. The minimum absolute atomic E-state index is 0.0125. The van der Waals surface area contributed by atoms with Gasteiger partial charge >= 0.3 is 5.97 Å². The molecular weight excluding hydrogens is 288 g/mol. The Hall–Kier alpha value is -2.28. The van der Waals surface area contributed by atoms with Gasteiger partial charge in [0.15, 0.2) is 11.5 Å². The summed E-state index contributed by atoms with van der Waals surface area (Å²) < 4.78 is 15.1. The SMILES string of the molecule is COc1cc(C(=O)O)cc(Cl)c1OCc1nonc1C. The quantitative estimate of drug-likeness (QED) is 0.905. The molecule has 2 aromatic rings. The van der Waals surface area contributed by atoms with Crippen LogP contribution in [0.3, 0.4) is 0 Å². The van der Waals surface area contributed by atoms with Crippen molar-refractivity contribution in [2.75, 3.05) is 7.11 Å². The normalized spacial score (nSPS) is 10.3. The molecule has 1 aromatic heterocycles. The van der Waals surface area contributed by atoms with Crippen LogP contribution in [0.4, 0.5) is 0 Å². The predicted molar refractivity (Wildman–Crippen MR) is 68.3 cm³/mol. The number of carboxylic acid groups (broad SMARTS) is 1. The Bertz CT molecular complexity index is 641. The van der Waals surface area contributed by atoms with Gasteiger partial charge < -0.3 is 14.6 Å². The zero-order chi connectivity index (χ0) is 14.7. The molecule has 0 fully saturated rings. The number of nitrogens with zero attached hydrogens (tertiary/aromatic N) is 2. The van der Waals surface area contributed by atoms with Crippen LogP contribution in [0.1, 0.15) is 21.7 Å². The minimum Gasteiger partial charge on any atom is -0.493 e. The fraction of sp³-hybridized carbons (Fsp3) is 0.250. The standard InChI is InChI=1S/C12H11ClN2O5/c1-6-9(15-20-14-6)5-19-11-8(13)3-7(12(16)17)4-10(11)18-2/h3-4H,5H2,1-2H3,(H,16,17). The van der Waals surface area contributed by atoms with Crippen molar-refractivity contribution >= 4 is 17.6 Å². The summed E-state index contributed by atoms with van der Waals surface area (Å²) >= 11 is 6.01. The molecule has 1 N–H and O–H groups in total. The first-order valence-electron chi connectivity index (χ1n) is 5.54. The maximum atomic E-state index is 10.9. The van der Waals surface area contributed by atoms with Gasteiger partial charge in [-0.2, -0.15) is 0 Å². The van der Waals surface area contributed by atoms with Gasteiger partial charge in [-0.25, -0.2) is 9.42 Å². The monoisotopic (exact) mass is 298 g/mol. The number of methoxy groups -OCH3 is 1. The Labute approximate surface area is 119 Å². The van der Waals surface area contributed by atoms with Gasteiger partial charge in [0, 0.05) is 0 Å². The second kappa shape index (κ2) is 5.79. The molecule has 0 amide bonds. The number of halogens is 1. The second-order valence-corrected chi connectivity index (χ2v) is 4.29. The number of aromatic nitrogens is 2. The summed E-state index contributed by atoms with van der Waals surface area (Å²) in [5.74, 6) is -0.640. The average Bonchev–Trinajstić information content (AvgIpc) is 2.82. The largest absolute Gasteiger partial charge is 0.493 e. The molecule has 0 saturated heterocycles. The van der Waals surface area contributed by atoms with E-state index >= 15 is 0 Å².